The summed E-state index contributed by atoms with van der Waals surface area (Å²) in [4.78, 5) is 4.33. The van der Waals surface area contributed by atoms with Crippen LogP contribution in [0.4, 0.5) is 0 Å². The van der Waals surface area contributed by atoms with Gasteiger partial charge in [-0.1, -0.05) is 19.1 Å². The number of guanidine groups is 1. The van der Waals surface area contributed by atoms with Crippen molar-refractivity contribution in [2.75, 3.05) is 20.7 Å². The molecule has 2 N–H and O–H groups in total. The predicted molar refractivity (Wildman–Crippen MR) is 108 cm³/mol. The van der Waals surface area contributed by atoms with Crippen LogP contribution in [0, 0.1) is 5.92 Å². The summed E-state index contributed by atoms with van der Waals surface area (Å²) in [7, 11) is 3.53. The molecule has 2 rings (SSSR count). The molecule has 0 heterocycles. The van der Waals surface area contributed by atoms with E-state index in [2.05, 4.69) is 34.7 Å². The molecule has 0 aromatic heterocycles. The smallest absolute Gasteiger partial charge is 0.191 e. The highest BCUT2D eigenvalue weighted by atomic mass is 127. The Labute approximate surface area is 157 Å². The summed E-state index contributed by atoms with van der Waals surface area (Å²) >= 11 is 0. The number of aliphatic imine (C=N–C) groups is 1. The lowest BCUT2D eigenvalue weighted by Gasteiger charge is -2.28. The van der Waals surface area contributed by atoms with Gasteiger partial charge in [0, 0.05) is 19.6 Å². The fourth-order valence-corrected chi connectivity index (χ4v) is 2.91. The number of nitrogens with one attached hydrogen (secondary N) is 2. The summed E-state index contributed by atoms with van der Waals surface area (Å²) in [5.74, 6) is 2.71. The van der Waals surface area contributed by atoms with Crippen molar-refractivity contribution >= 4 is 29.9 Å². The first-order valence-corrected chi connectivity index (χ1v) is 8.31. The van der Waals surface area contributed by atoms with Crippen LogP contribution in [0.3, 0.4) is 0 Å². The van der Waals surface area contributed by atoms with Gasteiger partial charge in [0.2, 0.25) is 0 Å². The molecule has 0 unspecified atom stereocenters. The Kier molecular flexibility index (Phi) is 9.36. The zero-order chi connectivity index (χ0) is 15.8. The molecule has 5 heteroatoms. The molecule has 1 aromatic carbocycles. The molecule has 1 fully saturated rings. The van der Waals surface area contributed by atoms with Crippen LogP contribution in [-0.2, 0) is 6.42 Å². The van der Waals surface area contributed by atoms with E-state index < -0.39 is 0 Å². The van der Waals surface area contributed by atoms with Crippen LogP contribution in [0.2, 0.25) is 0 Å². The van der Waals surface area contributed by atoms with Gasteiger partial charge in [0.1, 0.15) is 5.75 Å². The minimum atomic E-state index is 0. The molecular weight excluding hydrogens is 401 g/mol. The molecular formula is C18H30IN3O. The molecule has 1 aliphatic carbocycles. The van der Waals surface area contributed by atoms with Crippen LogP contribution >= 0.6 is 24.0 Å². The second-order valence-electron chi connectivity index (χ2n) is 6.20. The van der Waals surface area contributed by atoms with Gasteiger partial charge in [-0.25, -0.2) is 0 Å². The first kappa shape index (κ1) is 20.1. The minimum absolute atomic E-state index is 0. The number of halogens is 1. The van der Waals surface area contributed by atoms with Gasteiger partial charge < -0.3 is 15.4 Å². The summed E-state index contributed by atoms with van der Waals surface area (Å²) in [6, 6.07) is 8.80. The largest absolute Gasteiger partial charge is 0.497 e. The van der Waals surface area contributed by atoms with E-state index in [1.807, 2.05) is 19.2 Å². The molecule has 0 bridgehead atoms. The third-order valence-corrected chi connectivity index (χ3v) is 4.45. The Hall–Kier alpha value is -0.980. The molecule has 0 atom stereocenters. The summed E-state index contributed by atoms with van der Waals surface area (Å²) in [6.45, 7) is 3.23. The van der Waals surface area contributed by atoms with Crippen molar-refractivity contribution in [1.29, 1.82) is 0 Å². The van der Waals surface area contributed by atoms with E-state index in [-0.39, 0.29) is 24.0 Å². The quantitative estimate of drug-likeness (QED) is 0.426. The maximum Gasteiger partial charge on any atom is 0.191 e. The SMILES string of the molecule is CN=C(NCCc1ccc(OC)cc1)NC1CCC(C)CC1.I. The van der Waals surface area contributed by atoms with Crippen molar-refractivity contribution < 1.29 is 4.74 Å². The number of hydrogen-bond acceptors (Lipinski definition) is 2. The molecule has 1 aromatic rings. The van der Waals surface area contributed by atoms with E-state index >= 15 is 0 Å². The summed E-state index contributed by atoms with van der Waals surface area (Å²) in [5, 5.41) is 6.96. The molecule has 23 heavy (non-hydrogen) atoms. The van der Waals surface area contributed by atoms with E-state index in [9.17, 15) is 0 Å². The van der Waals surface area contributed by atoms with Gasteiger partial charge in [0.15, 0.2) is 5.96 Å². The lowest BCUT2D eigenvalue weighted by atomic mass is 9.87. The first-order chi connectivity index (χ1) is 10.7. The highest BCUT2D eigenvalue weighted by Gasteiger charge is 2.18. The van der Waals surface area contributed by atoms with Gasteiger partial charge in [-0.15, -0.1) is 24.0 Å². The summed E-state index contributed by atoms with van der Waals surface area (Å²) in [5.41, 5.74) is 1.30. The zero-order valence-electron chi connectivity index (χ0n) is 14.5. The van der Waals surface area contributed by atoms with Gasteiger partial charge in [-0.3, -0.25) is 4.99 Å². The third kappa shape index (κ3) is 6.97. The molecule has 0 amide bonds. The van der Waals surface area contributed by atoms with Crippen LogP contribution in [0.15, 0.2) is 29.3 Å². The van der Waals surface area contributed by atoms with E-state index in [1.165, 1.54) is 31.2 Å². The Morgan fingerprint density at radius 1 is 1.17 bits per heavy atom. The fourth-order valence-electron chi connectivity index (χ4n) is 2.91. The number of ether oxygens (including phenoxy) is 1. The van der Waals surface area contributed by atoms with Crippen LogP contribution in [-0.4, -0.2) is 32.7 Å². The highest BCUT2D eigenvalue weighted by molar-refractivity contribution is 14.0. The van der Waals surface area contributed by atoms with Crippen molar-refractivity contribution in [3.63, 3.8) is 0 Å². The maximum absolute atomic E-state index is 5.18. The van der Waals surface area contributed by atoms with Crippen molar-refractivity contribution in [1.82, 2.24) is 10.6 Å². The van der Waals surface area contributed by atoms with Crippen molar-refractivity contribution in [2.24, 2.45) is 10.9 Å². The molecule has 1 aliphatic rings. The molecule has 0 radical (unpaired) electrons. The molecule has 1 saturated carbocycles. The predicted octanol–water partition coefficient (Wildman–Crippen LogP) is 3.60. The average molecular weight is 431 g/mol. The van der Waals surface area contributed by atoms with E-state index in [4.69, 9.17) is 4.74 Å². The van der Waals surface area contributed by atoms with Gasteiger partial charge >= 0.3 is 0 Å². The van der Waals surface area contributed by atoms with Gasteiger partial charge in [-0.2, -0.15) is 0 Å². The minimum Gasteiger partial charge on any atom is -0.497 e. The number of benzene rings is 1. The van der Waals surface area contributed by atoms with Gasteiger partial charge in [0.05, 0.1) is 7.11 Å². The third-order valence-electron chi connectivity index (χ3n) is 4.45. The average Bonchev–Trinajstić information content (AvgIpc) is 2.56. The van der Waals surface area contributed by atoms with Crippen LogP contribution < -0.4 is 15.4 Å². The molecule has 0 aliphatic heterocycles. The van der Waals surface area contributed by atoms with E-state index in [0.29, 0.717) is 6.04 Å². The van der Waals surface area contributed by atoms with E-state index in [0.717, 1.165) is 30.6 Å². The molecule has 0 saturated heterocycles. The lowest BCUT2D eigenvalue weighted by molar-refractivity contribution is 0.329. The maximum atomic E-state index is 5.18. The van der Waals surface area contributed by atoms with E-state index in [1.54, 1.807) is 7.11 Å². The number of rotatable bonds is 5. The van der Waals surface area contributed by atoms with Crippen LogP contribution in [0.5, 0.6) is 5.75 Å². The molecule has 130 valence electrons. The van der Waals surface area contributed by atoms with Crippen molar-refractivity contribution in [2.45, 2.75) is 45.1 Å². The summed E-state index contributed by atoms with van der Waals surface area (Å²) < 4.78 is 5.18. The number of hydrogen-bond donors (Lipinski definition) is 2. The standard InChI is InChI=1S/C18H29N3O.HI/c1-14-4-8-16(9-5-14)21-18(19-2)20-13-12-15-6-10-17(22-3)11-7-15;/h6-7,10-11,14,16H,4-5,8-9,12-13H2,1-3H3,(H2,19,20,21);1H. The Morgan fingerprint density at radius 2 is 1.83 bits per heavy atom. The summed E-state index contributed by atoms with van der Waals surface area (Å²) in [6.07, 6.45) is 6.12. The number of nitrogens with zero attached hydrogens (tertiary/aromatic N) is 1. The number of methoxy groups -OCH3 is 1. The Bertz CT molecular complexity index is 468. The monoisotopic (exact) mass is 431 g/mol. The lowest BCUT2D eigenvalue weighted by Crippen LogP contribution is -2.45. The normalized spacial score (nSPS) is 21.3. The van der Waals surface area contributed by atoms with Crippen LogP contribution in [0.25, 0.3) is 0 Å². The van der Waals surface area contributed by atoms with Crippen molar-refractivity contribution in [3.8, 4) is 5.75 Å². The van der Waals surface area contributed by atoms with Gasteiger partial charge in [0.25, 0.3) is 0 Å². The zero-order valence-corrected chi connectivity index (χ0v) is 16.8. The van der Waals surface area contributed by atoms with Crippen molar-refractivity contribution in [3.05, 3.63) is 29.8 Å². The molecule has 4 nitrogen and oxygen atoms in total. The van der Waals surface area contributed by atoms with Crippen LogP contribution in [0.1, 0.15) is 38.2 Å². The highest BCUT2D eigenvalue weighted by Crippen LogP contribution is 2.23. The second kappa shape index (κ2) is 10.7. The van der Waals surface area contributed by atoms with Gasteiger partial charge in [-0.05, 0) is 55.7 Å². The fraction of sp³-hybridized carbons (Fsp3) is 0.611. The second-order valence-corrected chi connectivity index (χ2v) is 6.20. The Morgan fingerprint density at radius 3 is 2.39 bits per heavy atom. The topological polar surface area (TPSA) is 45.7 Å². The molecule has 0 spiro atoms. The first-order valence-electron chi connectivity index (χ1n) is 8.31. The Balaban J connectivity index is 0.00000264.